The van der Waals surface area contributed by atoms with E-state index in [2.05, 4.69) is 10.3 Å². The fraction of sp³-hybridized carbons (Fsp3) is 0.750. The van der Waals surface area contributed by atoms with Gasteiger partial charge >= 0.3 is 0 Å². The van der Waals surface area contributed by atoms with Gasteiger partial charge in [-0.25, -0.2) is 4.68 Å². The summed E-state index contributed by atoms with van der Waals surface area (Å²) in [6, 6.07) is 0.578. The Morgan fingerprint density at radius 1 is 1.46 bits per heavy atom. The molecule has 0 amide bonds. The van der Waals surface area contributed by atoms with Gasteiger partial charge in [-0.1, -0.05) is 18.1 Å². The Balaban J connectivity index is 0.000000845. The van der Waals surface area contributed by atoms with E-state index in [4.69, 9.17) is 11.6 Å². The lowest BCUT2D eigenvalue weighted by atomic mass is 10.3. The lowest BCUT2D eigenvalue weighted by Gasteiger charge is -2.06. The van der Waals surface area contributed by atoms with Gasteiger partial charge in [0.1, 0.15) is 0 Å². The van der Waals surface area contributed by atoms with E-state index < -0.39 is 0 Å². The van der Waals surface area contributed by atoms with Crippen molar-refractivity contribution < 1.29 is 0 Å². The molecule has 1 aliphatic rings. The van der Waals surface area contributed by atoms with Crippen LogP contribution in [0.15, 0.2) is 6.20 Å². The first-order valence-corrected chi connectivity index (χ1v) is 4.90. The van der Waals surface area contributed by atoms with E-state index in [-0.39, 0.29) is 12.4 Å². The van der Waals surface area contributed by atoms with Gasteiger partial charge < -0.3 is 0 Å². The first-order chi connectivity index (χ1) is 5.90. The highest BCUT2D eigenvalue weighted by Gasteiger charge is 2.17. The molecule has 0 bridgehead atoms. The van der Waals surface area contributed by atoms with Crippen LogP contribution in [0.4, 0.5) is 0 Å². The molecule has 0 aliphatic heterocycles. The molecule has 1 aromatic rings. The predicted octanol–water partition coefficient (Wildman–Crippen LogP) is 2.55. The highest BCUT2D eigenvalue weighted by molar-refractivity contribution is 6.16. The summed E-state index contributed by atoms with van der Waals surface area (Å²) in [5.41, 5.74) is 0.878. The topological polar surface area (TPSA) is 30.7 Å². The van der Waals surface area contributed by atoms with Crippen LogP contribution in [-0.4, -0.2) is 15.0 Å². The Morgan fingerprint density at radius 2 is 2.15 bits per heavy atom. The van der Waals surface area contributed by atoms with Crippen molar-refractivity contribution in [1.29, 1.82) is 0 Å². The normalized spacial score (nSPS) is 17.3. The fourth-order valence-corrected chi connectivity index (χ4v) is 1.84. The van der Waals surface area contributed by atoms with Crippen LogP contribution in [0.25, 0.3) is 0 Å². The highest BCUT2D eigenvalue weighted by Crippen LogP contribution is 2.28. The van der Waals surface area contributed by atoms with Gasteiger partial charge in [0.05, 0.1) is 17.6 Å². The van der Waals surface area contributed by atoms with Crippen LogP contribution in [0.2, 0.25) is 0 Å². The van der Waals surface area contributed by atoms with Gasteiger partial charge in [0.15, 0.2) is 0 Å². The first kappa shape index (κ1) is 10.8. The number of hydrogen-bond acceptors (Lipinski definition) is 2. The number of rotatable bonds is 2. The second-order valence-corrected chi connectivity index (χ2v) is 3.53. The third kappa shape index (κ3) is 2.35. The Hall–Kier alpha value is -0.280. The molecule has 13 heavy (non-hydrogen) atoms. The summed E-state index contributed by atoms with van der Waals surface area (Å²) >= 11 is 5.63. The van der Waals surface area contributed by atoms with Gasteiger partial charge in [-0.3, -0.25) is 0 Å². The molecule has 0 aromatic carbocycles. The largest absolute Gasteiger partial charge is 0.249 e. The molecule has 1 aliphatic carbocycles. The quantitative estimate of drug-likeness (QED) is 0.720. The SMILES string of the molecule is Cl.ClCc1cn(C2CCCC2)nn1. The summed E-state index contributed by atoms with van der Waals surface area (Å²) in [6.07, 6.45) is 7.08. The number of aromatic nitrogens is 3. The van der Waals surface area contributed by atoms with Crippen molar-refractivity contribution in [1.82, 2.24) is 15.0 Å². The maximum atomic E-state index is 5.63. The second-order valence-electron chi connectivity index (χ2n) is 3.26. The van der Waals surface area contributed by atoms with Crippen LogP contribution in [0.3, 0.4) is 0 Å². The molecule has 1 fully saturated rings. The van der Waals surface area contributed by atoms with E-state index in [1.54, 1.807) is 0 Å². The van der Waals surface area contributed by atoms with Gasteiger partial charge in [0.2, 0.25) is 0 Å². The molecule has 0 atom stereocenters. The highest BCUT2D eigenvalue weighted by atomic mass is 35.5. The zero-order chi connectivity index (χ0) is 8.39. The molecular weight excluding hydrogens is 209 g/mol. The Labute approximate surface area is 88.9 Å². The fourth-order valence-electron chi connectivity index (χ4n) is 1.72. The van der Waals surface area contributed by atoms with Crippen molar-refractivity contribution in [3.8, 4) is 0 Å². The number of halogens is 2. The van der Waals surface area contributed by atoms with Crippen LogP contribution in [0.5, 0.6) is 0 Å². The van der Waals surface area contributed by atoms with Gasteiger partial charge in [0.25, 0.3) is 0 Å². The monoisotopic (exact) mass is 221 g/mol. The van der Waals surface area contributed by atoms with Crippen molar-refractivity contribution in [2.24, 2.45) is 0 Å². The zero-order valence-corrected chi connectivity index (χ0v) is 8.89. The Morgan fingerprint density at radius 3 is 2.69 bits per heavy atom. The zero-order valence-electron chi connectivity index (χ0n) is 7.32. The van der Waals surface area contributed by atoms with E-state index in [1.807, 2.05) is 10.9 Å². The van der Waals surface area contributed by atoms with Gasteiger partial charge in [-0.2, -0.15) is 0 Å². The minimum absolute atomic E-state index is 0. The molecule has 1 saturated carbocycles. The molecule has 74 valence electrons. The Kier molecular flexibility index (Phi) is 4.00. The van der Waals surface area contributed by atoms with Gasteiger partial charge in [-0.15, -0.1) is 29.1 Å². The maximum absolute atomic E-state index is 5.63. The molecule has 0 saturated heterocycles. The van der Waals surface area contributed by atoms with Crippen molar-refractivity contribution in [2.75, 3.05) is 0 Å². The maximum Gasteiger partial charge on any atom is 0.0974 e. The molecule has 3 nitrogen and oxygen atoms in total. The molecule has 2 rings (SSSR count). The molecule has 1 aromatic heterocycles. The van der Waals surface area contributed by atoms with Crippen molar-refractivity contribution in [2.45, 2.75) is 37.6 Å². The minimum atomic E-state index is 0. The van der Waals surface area contributed by atoms with Crippen molar-refractivity contribution in [3.63, 3.8) is 0 Å². The summed E-state index contributed by atoms with van der Waals surface area (Å²) in [6.45, 7) is 0. The second kappa shape index (κ2) is 4.82. The van der Waals surface area contributed by atoms with Crippen LogP contribution >= 0.6 is 24.0 Å². The molecule has 1 heterocycles. The van der Waals surface area contributed by atoms with E-state index in [0.29, 0.717) is 11.9 Å². The van der Waals surface area contributed by atoms with Crippen molar-refractivity contribution in [3.05, 3.63) is 11.9 Å². The van der Waals surface area contributed by atoms with E-state index >= 15 is 0 Å². The average molecular weight is 222 g/mol. The summed E-state index contributed by atoms with van der Waals surface area (Å²) in [7, 11) is 0. The Bertz CT molecular complexity index is 256. The molecule has 0 spiro atoms. The third-order valence-corrected chi connectivity index (χ3v) is 2.67. The van der Waals surface area contributed by atoms with Gasteiger partial charge in [0, 0.05) is 6.20 Å². The summed E-state index contributed by atoms with van der Waals surface area (Å²) in [5, 5.41) is 8.01. The lowest BCUT2D eigenvalue weighted by Crippen LogP contribution is -2.04. The van der Waals surface area contributed by atoms with Crippen LogP contribution in [0.1, 0.15) is 37.4 Å². The van der Waals surface area contributed by atoms with Crippen molar-refractivity contribution >= 4 is 24.0 Å². The van der Waals surface area contributed by atoms with Crippen LogP contribution < -0.4 is 0 Å². The van der Waals surface area contributed by atoms with Crippen LogP contribution in [0, 0.1) is 0 Å². The predicted molar refractivity (Wildman–Crippen MR) is 54.3 cm³/mol. The summed E-state index contributed by atoms with van der Waals surface area (Å²) < 4.78 is 1.96. The summed E-state index contributed by atoms with van der Waals surface area (Å²) in [4.78, 5) is 0. The summed E-state index contributed by atoms with van der Waals surface area (Å²) in [5.74, 6) is 0.465. The average Bonchev–Trinajstić information content (AvgIpc) is 2.75. The van der Waals surface area contributed by atoms with E-state index in [1.165, 1.54) is 25.7 Å². The number of alkyl halides is 1. The molecule has 0 unspecified atom stereocenters. The number of hydrogen-bond donors (Lipinski definition) is 0. The lowest BCUT2D eigenvalue weighted by molar-refractivity contribution is 0.454. The molecule has 0 N–H and O–H groups in total. The van der Waals surface area contributed by atoms with Gasteiger partial charge in [-0.05, 0) is 12.8 Å². The smallest absolute Gasteiger partial charge is 0.0974 e. The molecule has 5 heteroatoms. The minimum Gasteiger partial charge on any atom is -0.249 e. The molecular formula is C8H13Cl2N3. The third-order valence-electron chi connectivity index (χ3n) is 2.39. The van der Waals surface area contributed by atoms with E-state index in [9.17, 15) is 0 Å². The van der Waals surface area contributed by atoms with E-state index in [0.717, 1.165) is 5.69 Å². The van der Waals surface area contributed by atoms with Crippen LogP contribution in [-0.2, 0) is 5.88 Å². The standard InChI is InChI=1S/C8H12ClN3.ClH/c9-5-7-6-12(11-10-7)8-3-1-2-4-8;/h6,8H,1-5H2;1H. The molecule has 0 radical (unpaired) electrons. The number of nitrogens with zero attached hydrogens (tertiary/aromatic N) is 3. The first-order valence-electron chi connectivity index (χ1n) is 4.37.